The fourth-order valence-corrected chi connectivity index (χ4v) is 1.69. The number of benzene rings is 1. The highest BCUT2D eigenvalue weighted by atomic mass is 19.1. The molecule has 1 aromatic carbocycles. The fraction of sp³-hybridized carbons (Fsp3) is 0.500. The van der Waals surface area contributed by atoms with Gasteiger partial charge in [-0.25, -0.2) is 4.39 Å². The molecule has 19 heavy (non-hydrogen) atoms. The molecule has 0 aliphatic heterocycles. The van der Waals surface area contributed by atoms with Crippen molar-refractivity contribution >= 4 is 5.97 Å². The molecule has 1 aromatic rings. The molecule has 0 amide bonds. The van der Waals surface area contributed by atoms with Crippen molar-refractivity contribution in [2.24, 2.45) is 0 Å². The van der Waals surface area contributed by atoms with Gasteiger partial charge in [0.25, 0.3) is 0 Å². The van der Waals surface area contributed by atoms with Gasteiger partial charge in [0.1, 0.15) is 5.82 Å². The number of rotatable bonds is 8. The zero-order valence-corrected chi connectivity index (χ0v) is 11.4. The largest absolute Gasteiger partial charge is 0.469 e. The van der Waals surface area contributed by atoms with Crippen LogP contribution in [0.25, 0.3) is 0 Å². The van der Waals surface area contributed by atoms with Crippen molar-refractivity contribution in [1.82, 2.24) is 4.90 Å². The van der Waals surface area contributed by atoms with Crippen LogP contribution in [0, 0.1) is 5.82 Å². The maximum absolute atomic E-state index is 12.8. The number of nitrogens with zero attached hydrogens (tertiary/aromatic N) is 1. The van der Waals surface area contributed by atoms with Crippen molar-refractivity contribution in [3.8, 4) is 0 Å². The molecule has 0 aromatic heterocycles. The van der Waals surface area contributed by atoms with Gasteiger partial charge in [-0.2, -0.15) is 0 Å². The van der Waals surface area contributed by atoms with Crippen molar-refractivity contribution in [2.75, 3.05) is 33.9 Å². The van der Waals surface area contributed by atoms with E-state index < -0.39 is 0 Å². The molecule has 0 saturated heterocycles. The summed E-state index contributed by atoms with van der Waals surface area (Å²) in [5.41, 5.74) is 1.00. The van der Waals surface area contributed by atoms with Crippen LogP contribution in [0.4, 0.5) is 4.39 Å². The lowest BCUT2D eigenvalue weighted by Crippen LogP contribution is -2.29. The van der Waals surface area contributed by atoms with E-state index in [0.29, 0.717) is 32.7 Å². The Morgan fingerprint density at radius 2 is 1.89 bits per heavy atom. The van der Waals surface area contributed by atoms with Crippen molar-refractivity contribution in [1.29, 1.82) is 0 Å². The number of hydrogen-bond acceptors (Lipinski definition) is 4. The lowest BCUT2D eigenvalue weighted by Gasteiger charge is -2.21. The van der Waals surface area contributed by atoms with Crippen LogP contribution in [0.3, 0.4) is 0 Å². The highest BCUT2D eigenvalue weighted by molar-refractivity contribution is 5.69. The van der Waals surface area contributed by atoms with Crippen LogP contribution in [-0.4, -0.2) is 44.8 Å². The highest BCUT2D eigenvalue weighted by Crippen LogP contribution is 2.07. The first kappa shape index (κ1) is 15.6. The maximum Gasteiger partial charge on any atom is 0.306 e. The van der Waals surface area contributed by atoms with Crippen LogP contribution < -0.4 is 0 Å². The molecule has 1 rings (SSSR count). The first-order valence-corrected chi connectivity index (χ1v) is 6.18. The summed E-state index contributed by atoms with van der Waals surface area (Å²) in [6.07, 6.45) is 0.335. The summed E-state index contributed by atoms with van der Waals surface area (Å²) in [5.74, 6) is -0.483. The predicted molar refractivity (Wildman–Crippen MR) is 70.2 cm³/mol. The lowest BCUT2D eigenvalue weighted by molar-refractivity contribution is -0.141. The van der Waals surface area contributed by atoms with E-state index in [1.807, 2.05) is 0 Å². The van der Waals surface area contributed by atoms with E-state index in [2.05, 4.69) is 9.64 Å². The second-order valence-corrected chi connectivity index (χ2v) is 4.22. The van der Waals surface area contributed by atoms with E-state index in [1.165, 1.54) is 19.2 Å². The second kappa shape index (κ2) is 8.61. The van der Waals surface area contributed by atoms with Crippen LogP contribution in [-0.2, 0) is 20.8 Å². The minimum absolute atomic E-state index is 0.235. The molecule has 0 heterocycles. The van der Waals surface area contributed by atoms with E-state index in [0.717, 1.165) is 5.56 Å². The summed E-state index contributed by atoms with van der Waals surface area (Å²) >= 11 is 0. The molecule has 0 aliphatic carbocycles. The minimum Gasteiger partial charge on any atom is -0.469 e. The summed E-state index contributed by atoms with van der Waals surface area (Å²) in [6.45, 7) is 2.54. The summed E-state index contributed by atoms with van der Waals surface area (Å²) in [6, 6.07) is 6.36. The van der Waals surface area contributed by atoms with Crippen molar-refractivity contribution in [2.45, 2.75) is 13.0 Å². The Balaban J connectivity index is 2.52. The molecule has 5 heteroatoms. The normalized spacial score (nSPS) is 10.7. The summed E-state index contributed by atoms with van der Waals surface area (Å²) < 4.78 is 22.5. The van der Waals surface area contributed by atoms with Crippen molar-refractivity contribution in [3.05, 3.63) is 35.6 Å². The number of ether oxygens (including phenoxy) is 2. The van der Waals surface area contributed by atoms with E-state index in [9.17, 15) is 9.18 Å². The van der Waals surface area contributed by atoms with Gasteiger partial charge in [-0.15, -0.1) is 0 Å². The van der Waals surface area contributed by atoms with Crippen LogP contribution in [0.1, 0.15) is 12.0 Å². The Morgan fingerprint density at radius 1 is 1.21 bits per heavy atom. The topological polar surface area (TPSA) is 38.8 Å². The van der Waals surface area contributed by atoms with E-state index in [-0.39, 0.29) is 11.8 Å². The Kier molecular flexibility index (Phi) is 7.07. The van der Waals surface area contributed by atoms with Gasteiger partial charge in [0.15, 0.2) is 0 Å². The quantitative estimate of drug-likeness (QED) is 0.675. The van der Waals surface area contributed by atoms with Gasteiger partial charge in [-0.1, -0.05) is 12.1 Å². The smallest absolute Gasteiger partial charge is 0.306 e. The number of hydrogen-bond donors (Lipinski definition) is 0. The Labute approximate surface area is 113 Å². The summed E-state index contributed by atoms with van der Waals surface area (Å²) in [4.78, 5) is 13.2. The molecule has 0 radical (unpaired) electrons. The first-order chi connectivity index (χ1) is 9.15. The third kappa shape index (κ3) is 6.31. The van der Waals surface area contributed by atoms with Crippen LogP contribution in [0.15, 0.2) is 24.3 Å². The molecule has 0 fully saturated rings. The standard InChI is InChI=1S/C14H20FNO3/c1-18-10-9-16(8-7-14(17)19-2)11-12-3-5-13(15)6-4-12/h3-6H,7-11H2,1-2H3. The number of halogens is 1. The summed E-state index contributed by atoms with van der Waals surface area (Å²) in [5, 5.41) is 0. The molecule has 0 aliphatic rings. The van der Waals surface area contributed by atoms with Gasteiger partial charge >= 0.3 is 5.97 Å². The van der Waals surface area contributed by atoms with Gasteiger partial charge in [-0.3, -0.25) is 9.69 Å². The molecule has 0 saturated carbocycles. The van der Waals surface area contributed by atoms with E-state index >= 15 is 0 Å². The highest BCUT2D eigenvalue weighted by Gasteiger charge is 2.09. The Bertz CT molecular complexity index is 381. The second-order valence-electron chi connectivity index (χ2n) is 4.22. The van der Waals surface area contributed by atoms with Crippen molar-refractivity contribution < 1.29 is 18.7 Å². The van der Waals surface area contributed by atoms with Gasteiger partial charge in [0.05, 0.1) is 20.1 Å². The van der Waals surface area contributed by atoms with E-state index in [1.54, 1.807) is 19.2 Å². The molecule has 106 valence electrons. The lowest BCUT2D eigenvalue weighted by atomic mass is 10.2. The van der Waals surface area contributed by atoms with Gasteiger partial charge < -0.3 is 9.47 Å². The van der Waals surface area contributed by atoms with Gasteiger partial charge in [-0.05, 0) is 17.7 Å². The average Bonchev–Trinajstić information content (AvgIpc) is 2.43. The monoisotopic (exact) mass is 269 g/mol. The number of carbonyl (C=O) groups excluding carboxylic acids is 1. The Morgan fingerprint density at radius 3 is 2.47 bits per heavy atom. The molecular formula is C14H20FNO3. The third-order valence-corrected chi connectivity index (χ3v) is 2.79. The van der Waals surface area contributed by atoms with Crippen molar-refractivity contribution in [3.63, 3.8) is 0 Å². The number of esters is 1. The van der Waals surface area contributed by atoms with Gasteiger partial charge in [0, 0.05) is 26.7 Å². The van der Waals surface area contributed by atoms with E-state index in [4.69, 9.17) is 4.74 Å². The molecule has 4 nitrogen and oxygen atoms in total. The first-order valence-electron chi connectivity index (χ1n) is 6.18. The maximum atomic E-state index is 12.8. The molecule has 0 atom stereocenters. The zero-order valence-electron chi connectivity index (χ0n) is 11.4. The molecule has 0 bridgehead atoms. The van der Waals surface area contributed by atoms with Crippen LogP contribution >= 0.6 is 0 Å². The fourth-order valence-electron chi connectivity index (χ4n) is 1.69. The Hall–Kier alpha value is -1.46. The summed E-state index contributed by atoms with van der Waals surface area (Å²) in [7, 11) is 3.01. The number of carbonyl (C=O) groups is 1. The minimum atomic E-state index is -0.248. The number of methoxy groups -OCH3 is 2. The predicted octanol–water partition coefficient (Wildman–Crippen LogP) is 1.84. The van der Waals surface area contributed by atoms with Gasteiger partial charge in [0.2, 0.25) is 0 Å². The third-order valence-electron chi connectivity index (χ3n) is 2.79. The average molecular weight is 269 g/mol. The van der Waals surface area contributed by atoms with Crippen LogP contribution in [0.2, 0.25) is 0 Å². The zero-order chi connectivity index (χ0) is 14.1. The molecule has 0 unspecified atom stereocenters. The molecular weight excluding hydrogens is 249 g/mol. The SMILES string of the molecule is COCCN(CCC(=O)OC)Cc1ccc(F)cc1. The molecule has 0 spiro atoms. The van der Waals surface area contributed by atoms with Crippen LogP contribution in [0.5, 0.6) is 0 Å². The molecule has 0 N–H and O–H groups in total.